The van der Waals surface area contributed by atoms with Crippen molar-refractivity contribution < 1.29 is 19.5 Å². The minimum atomic E-state index is -1.07. The molecule has 1 unspecified atom stereocenters. The second-order valence-electron chi connectivity index (χ2n) is 4.35. The Hall–Kier alpha value is -1.54. The van der Waals surface area contributed by atoms with E-state index in [0.717, 1.165) is 4.88 Å². The number of carbonyl (C=O) groups excluding carboxylic acids is 2. The van der Waals surface area contributed by atoms with Crippen LogP contribution in [0.15, 0.2) is 17.5 Å². The zero-order valence-corrected chi connectivity index (χ0v) is 13.3. The van der Waals surface area contributed by atoms with Crippen molar-refractivity contribution in [3.05, 3.63) is 22.4 Å². The Morgan fingerprint density at radius 1 is 1.57 bits per heavy atom. The van der Waals surface area contributed by atoms with Gasteiger partial charge in [-0.05, 0) is 23.6 Å². The van der Waals surface area contributed by atoms with Crippen LogP contribution >= 0.6 is 23.1 Å². The van der Waals surface area contributed by atoms with E-state index in [9.17, 15) is 14.4 Å². The minimum absolute atomic E-state index is 0.00335. The van der Waals surface area contributed by atoms with E-state index < -0.39 is 12.0 Å². The van der Waals surface area contributed by atoms with Gasteiger partial charge in [0.25, 0.3) is 0 Å². The van der Waals surface area contributed by atoms with Crippen molar-refractivity contribution in [1.82, 2.24) is 10.2 Å². The zero-order chi connectivity index (χ0) is 15.7. The van der Waals surface area contributed by atoms with Crippen LogP contribution in [0.3, 0.4) is 0 Å². The Balaban J connectivity index is 2.23. The van der Waals surface area contributed by atoms with E-state index in [0.29, 0.717) is 30.9 Å². The quantitative estimate of drug-likeness (QED) is 0.494. The zero-order valence-electron chi connectivity index (χ0n) is 11.7. The van der Waals surface area contributed by atoms with Crippen molar-refractivity contribution in [3.63, 3.8) is 0 Å². The van der Waals surface area contributed by atoms with Gasteiger partial charge in [-0.25, -0.2) is 4.79 Å². The average molecular weight is 330 g/mol. The van der Waals surface area contributed by atoms with E-state index in [4.69, 9.17) is 5.11 Å². The lowest BCUT2D eigenvalue weighted by molar-refractivity contribution is -0.140. The van der Waals surface area contributed by atoms with Crippen molar-refractivity contribution in [2.24, 2.45) is 0 Å². The molecular formula is C13H18N2O4S2. The number of hydrogen-bond acceptors (Lipinski definition) is 5. The van der Waals surface area contributed by atoms with Crippen LogP contribution in [0, 0.1) is 0 Å². The molecule has 0 aliphatic carbocycles. The number of carboxylic acid groups (broad SMARTS) is 1. The van der Waals surface area contributed by atoms with Crippen molar-refractivity contribution >= 4 is 41.4 Å². The number of aliphatic carboxylic acids is 1. The first-order valence-corrected chi connectivity index (χ1v) is 8.34. The molecule has 0 aliphatic rings. The minimum Gasteiger partial charge on any atom is -0.480 e. The molecule has 1 rings (SSSR count). The van der Waals surface area contributed by atoms with E-state index >= 15 is 0 Å². The summed E-state index contributed by atoms with van der Waals surface area (Å²) in [5.74, 6) is -0.265. The Kier molecular flexibility index (Phi) is 7.84. The van der Waals surface area contributed by atoms with Gasteiger partial charge in [-0.2, -0.15) is 11.8 Å². The van der Waals surface area contributed by atoms with Gasteiger partial charge in [0, 0.05) is 11.9 Å². The van der Waals surface area contributed by atoms with E-state index in [-0.39, 0.29) is 5.91 Å². The normalized spacial score (nSPS) is 11.7. The molecule has 0 spiro atoms. The van der Waals surface area contributed by atoms with Crippen LogP contribution in [0.2, 0.25) is 0 Å². The first-order chi connectivity index (χ1) is 10.0. The number of nitrogens with zero attached hydrogens (tertiary/aromatic N) is 1. The topological polar surface area (TPSA) is 86.7 Å². The lowest BCUT2D eigenvalue weighted by Gasteiger charge is -2.16. The molecule has 21 heavy (non-hydrogen) atoms. The summed E-state index contributed by atoms with van der Waals surface area (Å²) in [4.78, 5) is 35.7. The number of rotatable bonds is 10. The molecular weight excluding hydrogens is 312 g/mol. The molecule has 0 aliphatic heterocycles. The van der Waals surface area contributed by atoms with Gasteiger partial charge in [-0.3, -0.25) is 9.59 Å². The summed E-state index contributed by atoms with van der Waals surface area (Å²) in [6.07, 6.45) is 0.671. The SMILES string of the molecule is CN(Cc1cccs1)C(=O)CSCCC(NC=O)C(=O)O. The van der Waals surface area contributed by atoms with Gasteiger partial charge >= 0.3 is 5.97 Å². The molecule has 0 bridgehead atoms. The molecule has 0 aromatic carbocycles. The van der Waals surface area contributed by atoms with Crippen LogP contribution < -0.4 is 5.32 Å². The maximum absolute atomic E-state index is 11.9. The second-order valence-corrected chi connectivity index (χ2v) is 6.48. The third-order valence-electron chi connectivity index (χ3n) is 2.74. The van der Waals surface area contributed by atoms with Gasteiger partial charge in [-0.15, -0.1) is 11.3 Å². The van der Waals surface area contributed by atoms with Crippen LogP contribution in [0.1, 0.15) is 11.3 Å². The van der Waals surface area contributed by atoms with Crippen LogP contribution in [-0.4, -0.2) is 52.9 Å². The summed E-state index contributed by atoms with van der Waals surface area (Å²) in [5.41, 5.74) is 0. The standard InChI is InChI=1S/C13H18N2O4S2/c1-15(7-10-3-2-5-21-10)12(17)8-20-6-4-11(13(18)19)14-9-16/h2-3,5,9,11H,4,6-8H2,1H3,(H,14,16)(H,18,19). The highest BCUT2D eigenvalue weighted by Crippen LogP contribution is 2.12. The monoisotopic (exact) mass is 330 g/mol. The molecule has 1 aromatic rings. The van der Waals surface area contributed by atoms with Gasteiger partial charge in [-0.1, -0.05) is 6.07 Å². The molecule has 6 nitrogen and oxygen atoms in total. The Morgan fingerprint density at radius 3 is 2.90 bits per heavy atom. The van der Waals surface area contributed by atoms with Crippen molar-refractivity contribution in [3.8, 4) is 0 Å². The highest BCUT2D eigenvalue weighted by atomic mass is 32.2. The number of thiophene rings is 1. The lowest BCUT2D eigenvalue weighted by atomic mass is 10.2. The van der Waals surface area contributed by atoms with Crippen LogP contribution in [0.25, 0.3) is 0 Å². The Labute approximate surface area is 131 Å². The molecule has 1 aromatic heterocycles. The van der Waals surface area contributed by atoms with Crippen molar-refractivity contribution in [2.75, 3.05) is 18.6 Å². The number of amides is 2. The fraction of sp³-hybridized carbons (Fsp3) is 0.462. The first kappa shape index (κ1) is 17.5. The molecule has 0 fully saturated rings. The molecule has 2 amide bonds. The predicted molar refractivity (Wildman–Crippen MR) is 83.4 cm³/mol. The van der Waals surface area contributed by atoms with Gasteiger partial charge in [0.15, 0.2) is 0 Å². The smallest absolute Gasteiger partial charge is 0.326 e. The molecule has 0 radical (unpaired) electrons. The first-order valence-electron chi connectivity index (χ1n) is 6.31. The average Bonchev–Trinajstić information content (AvgIpc) is 2.94. The van der Waals surface area contributed by atoms with Gasteiger partial charge in [0.05, 0.1) is 12.3 Å². The molecule has 8 heteroatoms. The Bertz CT molecular complexity index is 465. The van der Waals surface area contributed by atoms with Gasteiger partial charge in [0.1, 0.15) is 6.04 Å². The van der Waals surface area contributed by atoms with E-state index in [1.807, 2.05) is 17.5 Å². The number of thioether (sulfide) groups is 1. The Morgan fingerprint density at radius 2 is 2.33 bits per heavy atom. The third kappa shape index (κ3) is 6.63. The molecule has 116 valence electrons. The third-order valence-corrected chi connectivity index (χ3v) is 4.58. The summed E-state index contributed by atoms with van der Waals surface area (Å²) in [6, 6.07) is 3.03. The number of nitrogens with one attached hydrogen (secondary N) is 1. The summed E-state index contributed by atoms with van der Waals surface area (Å²) in [6.45, 7) is 0.585. The fourth-order valence-corrected chi connectivity index (χ4v) is 3.25. The van der Waals surface area contributed by atoms with Crippen LogP contribution in [-0.2, 0) is 20.9 Å². The highest BCUT2D eigenvalue weighted by molar-refractivity contribution is 7.99. The lowest BCUT2D eigenvalue weighted by Crippen LogP contribution is -2.36. The largest absolute Gasteiger partial charge is 0.480 e. The number of hydrogen-bond donors (Lipinski definition) is 2. The highest BCUT2D eigenvalue weighted by Gasteiger charge is 2.16. The van der Waals surface area contributed by atoms with Gasteiger partial charge in [0.2, 0.25) is 12.3 Å². The van der Waals surface area contributed by atoms with Crippen LogP contribution in [0.4, 0.5) is 0 Å². The molecule has 2 N–H and O–H groups in total. The predicted octanol–water partition coefficient (Wildman–Crippen LogP) is 1.03. The summed E-state index contributed by atoms with van der Waals surface area (Å²) in [5, 5.41) is 13.0. The summed E-state index contributed by atoms with van der Waals surface area (Å²) in [7, 11) is 1.75. The van der Waals surface area contributed by atoms with Crippen molar-refractivity contribution in [1.29, 1.82) is 0 Å². The van der Waals surface area contributed by atoms with E-state index in [1.54, 1.807) is 23.3 Å². The van der Waals surface area contributed by atoms with Gasteiger partial charge < -0.3 is 15.3 Å². The molecule has 0 saturated carbocycles. The molecule has 0 saturated heterocycles. The van der Waals surface area contributed by atoms with Crippen molar-refractivity contribution in [2.45, 2.75) is 19.0 Å². The second kappa shape index (κ2) is 9.41. The summed E-state index contributed by atoms with van der Waals surface area (Å²) < 4.78 is 0. The number of carboxylic acids is 1. The van der Waals surface area contributed by atoms with Crippen LogP contribution in [0.5, 0.6) is 0 Å². The van der Waals surface area contributed by atoms with E-state index in [1.165, 1.54) is 11.8 Å². The fourth-order valence-electron chi connectivity index (χ4n) is 1.56. The summed E-state index contributed by atoms with van der Waals surface area (Å²) >= 11 is 2.97. The van der Waals surface area contributed by atoms with E-state index in [2.05, 4.69) is 5.32 Å². The maximum atomic E-state index is 11.9. The number of carbonyl (C=O) groups is 3. The maximum Gasteiger partial charge on any atom is 0.326 e. The molecule has 1 heterocycles. The molecule has 1 atom stereocenters.